The molecular weight excluding hydrogens is 310 g/mol. The largest absolute Gasteiger partial charge is 0.414 e. The number of benzene rings is 1. The van der Waals surface area contributed by atoms with Crippen molar-refractivity contribution in [2.45, 2.75) is 17.9 Å². The van der Waals surface area contributed by atoms with E-state index in [4.69, 9.17) is 11.5 Å². The number of hydrogen-bond donors (Lipinski definition) is 2. The van der Waals surface area contributed by atoms with Crippen LogP contribution in [0.2, 0.25) is 0 Å². The average Bonchev–Trinajstić information content (AvgIpc) is 2.39. The summed E-state index contributed by atoms with van der Waals surface area (Å²) in [5.41, 5.74) is 5.72. The van der Waals surface area contributed by atoms with Gasteiger partial charge < -0.3 is 11.5 Å². The van der Waals surface area contributed by atoms with Crippen LogP contribution < -0.4 is 11.5 Å². The van der Waals surface area contributed by atoms with Gasteiger partial charge in [-0.15, -0.1) is 0 Å². The normalized spacial score (nSPS) is 26.4. The second-order valence-corrected chi connectivity index (χ2v) is 4.98. The maximum atomic E-state index is 13.3. The lowest BCUT2D eigenvalue weighted by Gasteiger charge is -2.42. The van der Waals surface area contributed by atoms with Crippen molar-refractivity contribution in [3.05, 3.63) is 59.3 Å². The molecule has 1 aromatic rings. The summed E-state index contributed by atoms with van der Waals surface area (Å²) in [6.07, 6.45) is -9.07. The van der Waals surface area contributed by atoms with E-state index in [0.717, 1.165) is 12.1 Å². The second-order valence-electron chi connectivity index (χ2n) is 4.98. The molecule has 120 valence electrons. The average molecular weight is 322 g/mol. The molecule has 2 unspecified atom stereocenters. The molecule has 0 heterocycles. The summed E-state index contributed by atoms with van der Waals surface area (Å²) in [5, 5.41) is 0. The Morgan fingerprint density at radius 3 is 1.95 bits per heavy atom. The first-order valence-corrected chi connectivity index (χ1v) is 6.15. The lowest BCUT2D eigenvalue weighted by Crippen LogP contribution is -2.55. The van der Waals surface area contributed by atoms with Gasteiger partial charge in [-0.1, -0.05) is 30.3 Å². The van der Waals surface area contributed by atoms with E-state index in [0.29, 0.717) is 12.2 Å². The van der Waals surface area contributed by atoms with Crippen LogP contribution in [0.4, 0.5) is 26.3 Å². The van der Waals surface area contributed by atoms with Crippen molar-refractivity contribution >= 4 is 0 Å². The Kier molecular flexibility index (Phi) is 3.76. The number of alkyl halides is 6. The minimum Gasteiger partial charge on any atom is -0.399 e. The monoisotopic (exact) mass is 322 g/mol. The van der Waals surface area contributed by atoms with Crippen LogP contribution in [0.1, 0.15) is 5.56 Å². The number of nitrogens with two attached hydrogens (primary N) is 2. The first kappa shape index (κ1) is 16.4. The zero-order valence-electron chi connectivity index (χ0n) is 11.0. The number of hydrogen-bond acceptors (Lipinski definition) is 2. The molecule has 0 spiro atoms. The molecular formula is C14H12F6N2. The van der Waals surface area contributed by atoms with E-state index in [1.54, 1.807) is 0 Å². The van der Waals surface area contributed by atoms with E-state index in [1.165, 1.54) is 18.2 Å². The number of halogens is 6. The molecule has 1 aliphatic rings. The van der Waals surface area contributed by atoms with Gasteiger partial charge in [0.25, 0.3) is 0 Å². The molecule has 1 aliphatic carbocycles. The summed E-state index contributed by atoms with van der Waals surface area (Å²) >= 11 is 0. The molecule has 0 aliphatic heterocycles. The summed E-state index contributed by atoms with van der Waals surface area (Å²) in [5.74, 6) is -2.58. The molecule has 4 N–H and O–H groups in total. The van der Waals surface area contributed by atoms with Crippen LogP contribution in [-0.2, 0) is 5.54 Å². The van der Waals surface area contributed by atoms with Crippen LogP contribution >= 0.6 is 0 Å². The first-order valence-electron chi connectivity index (χ1n) is 6.15. The van der Waals surface area contributed by atoms with Gasteiger partial charge in [0, 0.05) is 5.70 Å². The Bertz CT molecular complexity index is 614. The van der Waals surface area contributed by atoms with Crippen molar-refractivity contribution in [2.24, 2.45) is 17.4 Å². The van der Waals surface area contributed by atoms with E-state index in [2.05, 4.69) is 0 Å². The topological polar surface area (TPSA) is 52.0 Å². The summed E-state index contributed by atoms with van der Waals surface area (Å²) in [7, 11) is 0. The molecule has 0 aromatic heterocycles. The summed E-state index contributed by atoms with van der Waals surface area (Å²) < 4.78 is 79.6. The van der Waals surface area contributed by atoms with E-state index >= 15 is 0 Å². The van der Waals surface area contributed by atoms with Gasteiger partial charge in [0.05, 0.1) is 11.1 Å². The Morgan fingerprint density at radius 2 is 1.50 bits per heavy atom. The Labute approximate surface area is 122 Å². The van der Waals surface area contributed by atoms with Gasteiger partial charge in [0.15, 0.2) is 0 Å². The fourth-order valence-corrected chi connectivity index (χ4v) is 2.54. The highest BCUT2D eigenvalue weighted by Crippen LogP contribution is 2.51. The van der Waals surface area contributed by atoms with Crippen molar-refractivity contribution < 1.29 is 26.3 Å². The number of rotatable bonds is 1. The lowest BCUT2D eigenvalue weighted by atomic mass is 9.69. The number of allylic oxidation sites excluding steroid dienone is 1. The molecule has 0 amide bonds. The van der Waals surface area contributed by atoms with Crippen molar-refractivity contribution in [1.82, 2.24) is 0 Å². The Morgan fingerprint density at radius 1 is 0.955 bits per heavy atom. The van der Waals surface area contributed by atoms with Crippen molar-refractivity contribution in [2.75, 3.05) is 0 Å². The molecule has 2 nitrogen and oxygen atoms in total. The zero-order chi connectivity index (χ0) is 16.8. The van der Waals surface area contributed by atoms with E-state index in [1.807, 2.05) is 0 Å². The molecule has 8 heteroatoms. The molecule has 0 saturated heterocycles. The van der Waals surface area contributed by atoms with Gasteiger partial charge in [-0.3, -0.25) is 0 Å². The molecule has 1 aromatic carbocycles. The molecule has 0 bridgehead atoms. The van der Waals surface area contributed by atoms with Gasteiger partial charge in [-0.25, -0.2) is 0 Å². The van der Waals surface area contributed by atoms with Gasteiger partial charge >= 0.3 is 12.4 Å². The fraction of sp³-hybridized carbons (Fsp3) is 0.286. The lowest BCUT2D eigenvalue weighted by molar-refractivity contribution is -0.184. The zero-order valence-corrected chi connectivity index (χ0v) is 11.0. The van der Waals surface area contributed by atoms with Crippen LogP contribution in [0, 0.1) is 5.92 Å². The van der Waals surface area contributed by atoms with E-state index in [-0.39, 0.29) is 5.56 Å². The predicted octanol–water partition coefficient (Wildman–Crippen LogP) is 3.36. The van der Waals surface area contributed by atoms with E-state index in [9.17, 15) is 26.3 Å². The third-order valence-corrected chi connectivity index (χ3v) is 3.52. The maximum absolute atomic E-state index is 13.3. The second kappa shape index (κ2) is 5.05. The minimum absolute atomic E-state index is 0.287. The van der Waals surface area contributed by atoms with E-state index < -0.39 is 35.1 Å². The predicted molar refractivity (Wildman–Crippen MR) is 68.3 cm³/mol. The van der Waals surface area contributed by atoms with Crippen LogP contribution in [0.25, 0.3) is 0 Å². The van der Waals surface area contributed by atoms with Crippen molar-refractivity contribution in [3.63, 3.8) is 0 Å². The van der Waals surface area contributed by atoms with Gasteiger partial charge in [0.1, 0.15) is 5.92 Å². The van der Waals surface area contributed by atoms with Crippen LogP contribution in [-0.4, -0.2) is 12.4 Å². The molecule has 0 saturated carbocycles. The van der Waals surface area contributed by atoms with Crippen molar-refractivity contribution in [3.8, 4) is 0 Å². The highest BCUT2D eigenvalue weighted by molar-refractivity contribution is 5.46. The quantitative estimate of drug-likeness (QED) is 0.779. The van der Waals surface area contributed by atoms with Crippen LogP contribution in [0.15, 0.2) is 53.8 Å². The minimum atomic E-state index is -5.05. The standard InChI is InChI=1S/C14H12F6N2/c15-13(16,17)10-6-9(21)7-11(14(18,19)20)12(10,22)8-4-2-1-3-5-8/h1-7,10H,21-22H2. The SMILES string of the molecule is NC1=CC(C(F)(F)F)C(N)(c2ccccc2)C(C(F)(F)F)=C1. The molecule has 22 heavy (non-hydrogen) atoms. The smallest absolute Gasteiger partial charge is 0.399 e. The van der Waals surface area contributed by atoms with Gasteiger partial charge in [-0.2, -0.15) is 26.3 Å². The van der Waals surface area contributed by atoms with Crippen LogP contribution in [0.5, 0.6) is 0 Å². The van der Waals surface area contributed by atoms with Gasteiger partial charge in [0.2, 0.25) is 0 Å². The first-order chi connectivity index (χ1) is 9.97. The van der Waals surface area contributed by atoms with Crippen LogP contribution in [0.3, 0.4) is 0 Å². The Hall–Kier alpha value is -1.96. The Balaban J connectivity index is 2.74. The maximum Gasteiger partial charge on any atom is 0.414 e. The fourth-order valence-electron chi connectivity index (χ4n) is 2.54. The molecule has 0 fully saturated rings. The summed E-state index contributed by atoms with van der Waals surface area (Å²) in [6, 6.07) is 6.39. The summed E-state index contributed by atoms with van der Waals surface area (Å²) in [4.78, 5) is 0. The highest BCUT2D eigenvalue weighted by Gasteiger charge is 2.60. The third-order valence-electron chi connectivity index (χ3n) is 3.52. The van der Waals surface area contributed by atoms with Gasteiger partial charge in [-0.05, 0) is 17.7 Å². The third kappa shape index (κ3) is 2.70. The molecule has 2 atom stereocenters. The molecule has 0 radical (unpaired) electrons. The molecule has 2 rings (SSSR count). The highest BCUT2D eigenvalue weighted by atomic mass is 19.4. The van der Waals surface area contributed by atoms with Crippen molar-refractivity contribution in [1.29, 1.82) is 0 Å². The summed E-state index contributed by atoms with van der Waals surface area (Å²) in [6.45, 7) is 0.